The van der Waals surface area contributed by atoms with Crippen molar-refractivity contribution < 1.29 is 5.11 Å². The minimum Gasteiger partial charge on any atom is -0.384 e. The van der Waals surface area contributed by atoms with Crippen LogP contribution in [0.4, 0.5) is 0 Å². The number of hydrogen-bond donors (Lipinski definition) is 1. The molecule has 1 N–H and O–H groups in total. The Kier molecular flexibility index (Phi) is 2.93. The fourth-order valence-electron chi connectivity index (χ4n) is 3.57. The smallest absolute Gasteiger partial charge is 0.105 e. The second kappa shape index (κ2) is 4.43. The van der Waals surface area contributed by atoms with E-state index in [-0.39, 0.29) is 0 Å². The van der Waals surface area contributed by atoms with Crippen LogP contribution >= 0.6 is 0 Å². The summed E-state index contributed by atoms with van der Waals surface area (Å²) >= 11 is 0. The zero-order chi connectivity index (χ0) is 11.7. The SMILES string of the molecule is OC1(c2ccccc2)CCC[C@@H]1N1CCCC1. The lowest BCUT2D eigenvalue weighted by molar-refractivity contribution is -0.0258. The van der Waals surface area contributed by atoms with E-state index >= 15 is 0 Å². The molecule has 0 radical (unpaired) electrons. The summed E-state index contributed by atoms with van der Waals surface area (Å²) in [7, 11) is 0. The summed E-state index contributed by atoms with van der Waals surface area (Å²) in [5.74, 6) is 0. The molecule has 2 fully saturated rings. The number of hydrogen-bond acceptors (Lipinski definition) is 2. The van der Waals surface area contributed by atoms with Gasteiger partial charge >= 0.3 is 0 Å². The number of rotatable bonds is 2. The maximum Gasteiger partial charge on any atom is 0.105 e. The van der Waals surface area contributed by atoms with Gasteiger partial charge in [-0.05, 0) is 50.8 Å². The molecular weight excluding hydrogens is 210 g/mol. The molecule has 2 nitrogen and oxygen atoms in total. The van der Waals surface area contributed by atoms with Crippen LogP contribution in [0.1, 0.15) is 37.7 Å². The number of benzene rings is 1. The van der Waals surface area contributed by atoms with Crippen molar-refractivity contribution in [3.8, 4) is 0 Å². The lowest BCUT2D eigenvalue weighted by Gasteiger charge is -2.36. The Hall–Kier alpha value is -0.860. The Morgan fingerprint density at radius 3 is 2.47 bits per heavy atom. The van der Waals surface area contributed by atoms with Crippen LogP contribution in [0.2, 0.25) is 0 Å². The zero-order valence-corrected chi connectivity index (χ0v) is 10.3. The first-order chi connectivity index (χ1) is 8.31. The molecule has 0 aromatic heterocycles. The average molecular weight is 231 g/mol. The van der Waals surface area contributed by atoms with Crippen molar-refractivity contribution in [3.63, 3.8) is 0 Å². The highest BCUT2D eigenvalue weighted by Crippen LogP contribution is 2.42. The quantitative estimate of drug-likeness (QED) is 0.845. The monoisotopic (exact) mass is 231 g/mol. The third kappa shape index (κ3) is 1.90. The highest BCUT2D eigenvalue weighted by Gasteiger charge is 2.45. The van der Waals surface area contributed by atoms with Crippen LogP contribution < -0.4 is 0 Å². The molecule has 1 aromatic rings. The van der Waals surface area contributed by atoms with E-state index in [1.54, 1.807) is 0 Å². The summed E-state index contributed by atoms with van der Waals surface area (Å²) in [6.45, 7) is 2.33. The Morgan fingerprint density at radius 1 is 1.06 bits per heavy atom. The van der Waals surface area contributed by atoms with Crippen molar-refractivity contribution in [1.29, 1.82) is 0 Å². The molecule has 1 aliphatic heterocycles. The second-order valence-electron chi connectivity index (χ2n) is 5.44. The van der Waals surface area contributed by atoms with Gasteiger partial charge in [0.15, 0.2) is 0 Å². The highest BCUT2D eigenvalue weighted by atomic mass is 16.3. The molecule has 1 heterocycles. The van der Waals surface area contributed by atoms with Gasteiger partial charge in [0.25, 0.3) is 0 Å². The van der Waals surface area contributed by atoms with E-state index in [2.05, 4.69) is 17.0 Å². The highest BCUT2D eigenvalue weighted by molar-refractivity contribution is 5.26. The molecule has 2 heteroatoms. The van der Waals surface area contributed by atoms with E-state index in [1.807, 2.05) is 18.2 Å². The van der Waals surface area contributed by atoms with E-state index in [1.165, 1.54) is 25.9 Å². The zero-order valence-electron chi connectivity index (χ0n) is 10.3. The van der Waals surface area contributed by atoms with Crippen LogP contribution in [0.5, 0.6) is 0 Å². The van der Waals surface area contributed by atoms with E-state index in [0.717, 1.165) is 24.8 Å². The van der Waals surface area contributed by atoms with Crippen molar-refractivity contribution in [2.75, 3.05) is 13.1 Å². The number of nitrogens with zero attached hydrogens (tertiary/aromatic N) is 1. The molecular formula is C15H21NO. The third-order valence-corrected chi connectivity index (χ3v) is 4.44. The molecule has 1 saturated heterocycles. The summed E-state index contributed by atoms with van der Waals surface area (Å²) in [5, 5.41) is 11.0. The number of aliphatic hydroxyl groups is 1. The van der Waals surface area contributed by atoms with Crippen molar-refractivity contribution in [2.24, 2.45) is 0 Å². The molecule has 92 valence electrons. The van der Waals surface area contributed by atoms with Crippen molar-refractivity contribution in [2.45, 2.75) is 43.7 Å². The molecule has 3 rings (SSSR count). The minimum absolute atomic E-state index is 0.340. The Morgan fingerprint density at radius 2 is 1.76 bits per heavy atom. The minimum atomic E-state index is -0.606. The molecule has 1 aromatic carbocycles. The Labute approximate surface area is 103 Å². The van der Waals surface area contributed by atoms with Crippen LogP contribution in [0.3, 0.4) is 0 Å². The maximum absolute atomic E-state index is 11.0. The molecule has 1 aliphatic carbocycles. The Balaban J connectivity index is 1.89. The van der Waals surface area contributed by atoms with Gasteiger partial charge in [-0.1, -0.05) is 30.3 Å². The van der Waals surface area contributed by atoms with Crippen LogP contribution in [-0.4, -0.2) is 29.1 Å². The number of likely N-dealkylation sites (tertiary alicyclic amines) is 1. The first-order valence-corrected chi connectivity index (χ1v) is 6.83. The summed E-state index contributed by atoms with van der Waals surface area (Å²) in [4.78, 5) is 2.50. The van der Waals surface area contributed by atoms with Crippen molar-refractivity contribution >= 4 is 0 Å². The molecule has 17 heavy (non-hydrogen) atoms. The van der Waals surface area contributed by atoms with Gasteiger partial charge in [-0.2, -0.15) is 0 Å². The predicted octanol–water partition coefficient (Wildman–Crippen LogP) is 2.52. The molecule has 1 saturated carbocycles. The average Bonchev–Trinajstić information content (AvgIpc) is 2.99. The maximum atomic E-state index is 11.0. The largest absolute Gasteiger partial charge is 0.384 e. The predicted molar refractivity (Wildman–Crippen MR) is 68.8 cm³/mol. The fraction of sp³-hybridized carbons (Fsp3) is 0.600. The van der Waals surface area contributed by atoms with Crippen LogP contribution in [0.15, 0.2) is 30.3 Å². The van der Waals surface area contributed by atoms with Crippen LogP contribution in [0.25, 0.3) is 0 Å². The molecule has 2 atom stereocenters. The van der Waals surface area contributed by atoms with Crippen molar-refractivity contribution in [3.05, 3.63) is 35.9 Å². The molecule has 0 bridgehead atoms. The topological polar surface area (TPSA) is 23.5 Å². The first-order valence-electron chi connectivity index (χ1n) is 6.83. The summed E-state index contributed by atoms with van der Waals surface area (Å²) in [5.41, 5.74) is 0.500. The summed E-state index contributed by atoms with van der Waals surface area (Å²) in [6.07, 6.45) is 5.79. The Bertz CT molecular complexity index is 372. The van der Waals surface area contributed by atoms with Gasteiger partial charge in [-0.3, -0.25) is 4.90 Å². The van der Waals surface area contributed by atoms with Gasteiger partial charge in [0.05, 0.1) is 0 Å². The van der Waals surface area contributed by atoms with E-state index < -0.39 is 5.60 Å². The van der Waals surface area contributed by atoms with E-state index in [4.69, 9.17) is 0 Å². The lowest BCUT2D eigenvalue weighted by atomic mass is 9.88. The van der Waals surface area contributed by atoms with Gasteiger partial charge < -0.3 is 5.11 Å². The van der Waals surface area contributed by atoms with Crippen LogP contribution in [0, 0.1) is 0 Å². The van der Waals surface area contributed by atoms with Gasteiger partial charge in [-0.15, -0.1) is 0 Å². The second-order valence-corrected chi connectivity index (χ2v) is 5.44. The summed E-state index contributed by atoms with van der Waals surface area (Å²) < 4.78 is 0. The van der Waals surface area contributed by atoms with E-state index in [9.17, 15) is 5.11 Å². The van der Waals surface area contributed by atoms with E-state index in [0.29, 0.717) is 6.04 Å². The third-order valence-electron chi connectivity index (χ3n) is 4.44. The normalized spacial score (nSPS) is 34.3. The van der Waals surface area contributed by atoms with Gasteiger partial charge in [0.2, 0.25) is 0 Å². The van der Waals surface area contributed by atoms with Gasteiger partial charge in [0, 0.05) is 6.04 Å². The van der Waals surface area contributed by atoms with Crippen molar-refractivity contribution in [1.82, 2.24) is 4.90 Å². The van der Waals surface area contributed by atoms with Gasteiger partial charge in [-0.25, -0.2) is 0 Å². The molecule has 1 unspecified atom stereocenters. The first kappa shape index (κ1) is 11.2. The molecule has 0 spiro atoms. The van der Waals surface area contributed by atoms with Gasteiger partial charge in [0.1, 0.15) is 5.60 Å². The fourth-order valence-corrected chi connectivity index (χ4v) is 3.57. The van der Waals surface area contributed by atoms with Crippen LogP contribution in [-0.2, 0) is 5.60 Å². The standard InChI is InChI=1S/C15H21NO/c17-15(13-7-2-1-3-8-13)10-6-9-14(15)16-11-4-5-12-16/h1-3,7-8,14,17H,4-6,9-12H2/t14-,15?/m0/s1. The molecule has 2 aliphatic rings. The molecule has 0 amide bonds. The summed E-state index contributed by atoms with van der Waals surface area (Å²) in [6, 6.07) is 10.6. The lowest BCUT2D eigenvalue weighted by Crippen LogP contribution is -2.46.